The molecule has 0 atom stereocenters. The van der Waals surface area contributed by atoms with Crippen molar-refractivity contribution in [2.24, 2.45) is 0 Å². The molecule has 4 rings (SSSR count). The molecule has 142 valence electrons. The highest BCUT2D eigenvalue weighted by atomic mass is 35.5. The van der Waals surface area contributed by atoms with E-state index in [2.05, 4.69) is 10.4 Å². The number of nitrogens with zero attached hydrogens (tertiary/aromatic N) is 4. The van der Waals surface area contributed by atoms with E-state index in [1.165, 1.54) is 0 Å². The molecule has 0 spiro atoms. The van der Waals surface area contributed by atoms with Crippen LogP contribution in [-0.2, 0) is 6.54 Å². The number of anilines is 1. The van der Waals surface area contributed by atoms with E-state index in [1.54, 1.807) is 35.1 Å². The second-order valence-electron chi connectivity index (χ2n) is 6.38. The number of carbonyl (C=O) groups is 1. The van der Waals surface area contributed by atoms with E-state index < -0.39 is 0 Å². The van der Waals surface area contributed by atoms with Crippen molar-refractivity contribution in [2.75, 3.05) is 5.32 Å². The summed E-state index contributed by atoms with van der Waals surface area (Å²) < 4.78 is 1.76. The number of amides is 1. The molecule has 0 aliphatic rings. The highest BCUT2D eigenvalue weighted by molar-refractivity contribution is 6.32. The molecule has 0 radical (unpaired) electrons. The van der Waals surface area contributed by atoms with Gasteiger partial charge >= 0.3 is 0 Å². The number of hydrogen-bond donors (Lipinski definition) is 1. The quantitative estimate of drug-likeness (QED) is 0.527. The number of pyridine rings is 1. The SMILES string of the molecule is CCn1ncc2c(C(=O)Nc3ccc(C#N)c(Cl)c3)cc(-c3ccccc3)nc21. The van der Waals surface area contributed by atoms with E-state index in [4.69, 9.17) is 21.8 Å². The van der Waals surface area contributed by atoms with Crippen molar-refractivity contribution in [3.8, 4) is 17.3 Å². The average molecular weight is 402 g/mol. The highest BCUT2D eigenvalue weighted by Gasteiger charge is 2.17. The fourth-order valence-electron chi connectivity index (χ4n) is 3.11. The van der Waals surface area contributed by atoms with Crippen LogP contribution in [0.3, 0.4) is 0 Å². The lowest BCUT2D eigenvalue weighted by atomic mass is 10.1. The Hall–Kier alpha value is -3.69. The molecule has 2 aromatic heterocycles. The summed E-state index contributed by atoms with van der Waals surface area (Å²) in [6, 6.07) is 18.2. The molecule has 6 nitrogen and oxygen atoms in total. The zero-order chi connectivity index (χ0) is 20.4. The maximum Gasteiger partial charge on any atom is 0.256 e. The molecule has 4 aromatic rings. The van der Waals surface area contributed by atoms with Crippen LogP contribution in [0.5, 0.6) is 0 Å². The Morgan fingerprint density at radius 2 is 2.00 bits per heavy atom. The molecule has 7 heteroatoms. The molecular weight excluding hydrogens is 386 g/mol. The standard InChI is InChI=1S/C22H16ClN5O/c1-2-28-21-18(13-25-28)17(11-20(27-21)14-6-4-3-5-7-14)22(29)26-16-9-8-15(12-24)19(23)10-16/h3-11,13H,2H2,1H3,(H,26,29). The minimum Gasteiger partial charge on any atom is -0.322 e. The van der Waals surface area contributed by atoms with E-state index in [9.17, 15) is 4.79 Å². The van der Waals surface area contributed by atoms with Gasteiger partial charge in [-0.25, -0.2) is 9.67 Å². The number of fused-ring (bicyclic) bond motifs is 1. The Morgan fingerprint density at radius 3 is 2.69 bits per heavy atom. The molecule has 0 aliphatic carbocycles. The number of nitriles is 1. The molecule has 0 unspecified atom stereocenters. The summed E-state index contributed by atoms with van der Waals surface area (Å²) in [4.78, 5) is 17.8. The first-order valence-corrected chi connectivity index (χ1v) is 9.41. The molecule has 29 heavy (non-hydrogen) atoms. The predicted molar refractivity (Wildman–Crippen MR) is 113 cm³/mol. The topological polar surface area (TPSA) is 83.6 Å². The summed E-state index contributed by atoms with van der Waals surface area (Å²) in [5.74, 6) is -0.300. The van der Waals surface area contributed by atoms with Crippen LogP contribution in [0, 0.1) is 11.3 Å². The van der Waals surface area contributed by atoms with Gasteiger partial charge in [0.2, 0.25) is 0 Å². The van der Waals surface area contributed by atoms with E-state index in [0.717, 1.165) is 5.56 Å². The third kappa shape index (κ3) is 3.56. The Labute approximate surface area is 172 Å². The van der Waals surface area contributed by atoms with Crippen LogP contribution in [0.25, 0.3) is 22.3 Å². The lowest BCUT2D eigenvalue weighted by Crippen LogP contribution is -2.13. The van der Waals surface area contributed by atoms with Gasteiger partial charge in [-0.15, -0.1) is 0 Å². The largest absolute Gasteiger partial charge is 0.322 e. The van der Waals surface area contributed by atoms with Crippen LogP contribution in [0.15, 0.2) is 60.8 Å². The first-order valence-electron chi connectivity index (χ1n) is 9.03. The van der Waals surface area contributed by atoms with E-state index in [0.29, 0.717) is 40.1 Å². The molecular formula is C22H16ClN5O. The zero-order valence-corrected chi connectivity index (χ0v) is 16.3. The number of rotatable bonds is 4. The summed E-state index contributed by atoms with van der Waals surface area (Å²) in [7, 11) is 0. The van der Waals surface area contributed by atoms with E-state index in [-0.39, 0.29) is 10.9 Å². The third-order valence-corrected chi connectivity index (χ3v) is 4.88. The van der Waals surface area contributed by atoms with Crippen LogP contribution in [0.1, 0.15) is 22.8 Å². The summed E-state index contributed by atoms with van der Waals surface area (Å²) in [6.45, 7) is 2.61. The zero-order valence-electron chi connectivity index (χ0n) is 15.6. The number of hydrogen-bond acceptors (Lipinski definition) is 4. The van der Waals surface area contributed by atoms with Gasteiger partial charge in [0.1, 0.15) is 6.07 Å². The lowest BCUT2D eigenvalue weighted by Gasteiger charge is -2.10. The van der Waals surface area contributed by atoms with Crippen LogP contribution >= 0.6 is 11.6 Å². The van der Waals surface area contributed by atoms with Gasteiger partial charge < -0.3 is 5.32 Å². The van der Waals surface area contributed by atoms with E-state index in [1.807, 2.05) is 43.3 Å². The summed E-state index contributed by atoms with van der Waals surface area (Å²) in [6.07, 6.45) is 1.65. The van der Waals surface area contributed by atoms with Gasteiger partial charge in [-0.05, 0) is 31.2 Å². The number of halogens is 1. The number of benzene rings is 2. The third-order valence-electron chi connectivity index (χ3n) is 4.57. The van der Waals surface area contributed by atoms with Crippen LogP contribution < -0.4 is 5.32 Å². The van der Waals surface area contributed by atoms with Gasteiger partial charge in [0.05, 0.1) is 33.4 Å². The van der Waals surface area contributed by atoms with Gasteiger partial charge in [0, 0.05) is 17.8 Å². The van der Waals surface area contributed by atoms with Crippen molar-refractivity contribution in [3.63, 3.8) is 0 Å². The maximum absolute atomic E-state index is 13.1. The van der Waals surface area contributed by atoms with Gasteiger partial charge in [0.15, 0.2) is 5.65 Å². The summed E-state index contributed by atoms with van der Waals surface area (Å²) >= 11 is 6.08. The van der Waals surface area contributed by atoms with Gasteiger partial charge in [-0.1, -0.05) is 41.9 Å². The van der Waals surface area contributed by atoms with Gasteiger partial charge in [0.25, 0.3) is 5.91 Å². The predicted octanol–water partition coefficient (Wildman–Crippen LogP) is 4.90. The van der Waals surface area contributed by atoms with Crippen molar-refractivity contribution < 1.29 is 4.79 Å². The minimum absolute atomic E-state index is 0.286. The molecule has 0 saturated carbocycles. The number of carbonyl (C=O) groups excluding carboxylic acids is 1. The Kier molecular flexibility index (Phi) is 4.98. The first kappa shape index (κ1) is 18.7. The normalized spacial score (nSPS) is 10.7. The van der Waals surface area contributed by atoms with Crippen molar-refractivity contribution in [2.45, 2.75) is 13.5 Å². The summed E-state index contributed by atoms with van der Waals surface area (Å²) in [5, 5.41) is 17.2. The van der Waals surface area contributed by atoms with Crippen LogP contribution in [0.2, 0.25) is 5.02 Å². The highest BCUT2D eigenvalue weighted by Crippen LogP contribution is 2.26. The van der Waals surface area contributed by atoms with Crippen molar-refractivity contribution in [1.82, 2.24) is 14.8 Å². The fraction of sp³-hybridized carbons (Fsp3) is 0.0909. The van der Waals surface area contributed by atoms with Crippen molar-refractivity contribution >= 4 is 34.2 Å². The van der Waals surface area contributed by atoms with Crippen molar-refractivity contribution in [1.29, 1.82) is 5.26 Å². The second kappa shape index (κ2) is 7.74. The molecule has 0 fully saturated rings. The maximum atomic E-state index is 13.1. The monoisotopic (exact) mass is 401 g/mol. The summed E-state index contributed by atoms with van der Waals surface area (Å²) in [5.41, 5.74) is 3.58. The van der Waals surface area contributed by atoms with Gasteiger partial charge in [-0.2, -0.15) is 10.4 Å². The Morgan fingerprint density at radius 1 is 1.21 bits per heavy atom. The molecule has 0 aliphatic heterocycles. The molecule has 0 saturated heterocycles. The molecule has 2 aromatic carbocycles. The first-order chi connectivity index (χ1) is 14.1. The minimum atomic E-state index is -0.300. The van der Waals surface area contributed by atoms with Gasteiger partial charge in [-0.3, -0.25) is 4.79 Å². The number of aryl methyl sites for hydroxylation is 1. The average Bonchev–Trinajstić information content (AvgIpc) is 3.17. The van der Waals surface area contributed by atoms with Crippen molar-refractivity contribution in [3.05, 3.63) is 76.9 Å². The molecule has 1 N–H and O–H groups in total. The molecule has 2 heterocycles. The van der Waals surface area contributed by atoms with E-state index >= 15 is 0 Å². The lowest BCUT2D eigenvalue weighted by molar-refractivity contribution is 0.102. The molecule has 0 bridgehead atoms. The number of aromatic nitrogens is 3. The molecule has 1 amide bonds. The smallest absolute Gasteiger partial charge is 0.256 e. The van der Waals surface area contributed by atoms with Crippen LogP contribution in [0.4, 0.5) is 5.69 Å². The Balaban J connectivity index is 1.79. The second-order valence-corrected chi connectivity index (χ2v) is 6.79. The number of nitrogens with one attached hydrogen (secondary N) is 1. The van der Waals surface area contributed by atoms with Crippen LogP contribution in [-0.4, -0.2) is 20.7 Å². The Bertz CT molecular complexity index is 1260. The fourth-order valence-corrected chi connectivity index (χ4v) is 3.33.